The fourth-order valence-corrected chi connectivity index (χ4v) is 3.01. The molecule has 84 valence electrons. The van der Waals surface area contributed by atoms with Crippen LogP contribution < -0.4 is 5.32 Å². The molecule has 16 heavy (non-hydrogen) atoms. The maximum absolute atomic E-state index is 11.3. The number of piperidine rings is 2. The molecule has 1 amide bonds. The first kappa shape index (κ1) is 9.70. The molecule has 3 fully saturated rings. The Bertz CT molecular complexity index is 430. The lowest BCUT2D eigenvalue weighted by Crippen LogP contribution is -2.58. The van der Waals surface area contributed by atoms with Crippen LogP contribution in [0.2, 0.25) is 0 Å². The van der Waals surface area contributed by atoms with Crippen LogP contribution in [-0.2, 0) is 11.2 Å². The van der Waals surface area contributed by atoms with E-state index in [9.17, 15) is 9.90 Å². The number of carbonyl (C=O) groups is 1. The number of carbonyl (C=O) groups excluding carboxylic acids is 1. The number of hydrogen-bond donors (Lipinski definition) is 2. The molecule has 0 radical (unpaired) electrons. The lowest BCUT2D eigenvalue weighted by Gasteiger charge is -2.51. The third kappa shape index (κ3) is 1.39. The Morgan fingerprint density at radius 3 is 2.75 bits per heavy atom. The summed E-state index contributed by atoms with van der Waals surface area (Å²) in [7, 11) is 0. The van der Waals surface area contributed by atoms with Gasteiger partial charge >= 0.3 is 0 Å². The quantitative estimate of drug-likeness (QED) is 0.788. The summed E-state index contributed by atoms with van der Waals surface area (Å²) < 4.78 is 0. The van der Waals surface area contributed by atoms with Gasteiger partial charge in [0.1, 0.15) is 5.75 Å². The van der Waals surface area contributed by atoms with Gasteiger partial charge in [-0.2, -0.15) is 0 Å². The summed E-state index contributed by atoms with van der Waals surface area (Å²) >= 11 is 0. The largest absolute Gasteiger partial charge is 0.508 e. The van der Waals surface area contributed by atoms with Crippen molar-refractivity contribution in [2.24, 2.45) is 11.3 Å². The molecular formula is C13H15NO2. The predicted molar refractivity (Wildman–Crippen MR) is 60.0 cm³/mol. The summed E-state index contributed by atoms with van der Waals surface area (Å²) in [5.74, 6) is 0.802. The van der Waals surface area contributed by atoms with Gasteiger partial charge in [-0.15, -0.1) is 0 Å². The molecule has 1 aromatic carbocycles. The van der Waals surface area contributed by atoms with Crippen molar-refractivity contribution in [1.82, 2.24) is 5.32 Å². The molecule has 0 unspecified atom stereocenters. The van der Waals surface area contributed by atoms with Crippen LogP contribution in [0.1, 0.15) is 18.4 Å². The minimum absolute atomic E-state index is 0.206. The fourth-order valence-electron chi connectivity index (χ4n) is 3.01. The maximum atomic E-state index is 11.3. The average Bonchev–Trinajstić information content (AvgIpc) is 2.23. The molecule has 2 heterocycles. The highest BCUT2D eigenvalue weighted by Gasteiger charge is 2.51. The molecule has 0 spiro atoms. The number of fused-ring (bicyclic) bond motifs is 2. The lowest BCUT2D eigenvalue weighted by atomic mass is 9.57. The third-order valence-electron chi connectivity index (χ3n) is 3.92. The van der Waals surface area contributed by atoms with Gasteiger partial charge in [-0.05, 0) is 36.3 Å². The van der Waals surface area contributed by atoms with Crippen molar-refractivity contribution in [3.05, 3.63) is 29.8 Å². The molecule has 3 aliphatic rings. The van der Waals surface area contributed by atoms with Gasteiger partial charge in [0.25, 0.3) is 0 Å². The molecule has 2 aliphatic heterocycles. The predicted octanol–water partition coefficient (Wildman–Crippen LogP) is 1.46. The Balaban J connectivity index is 1.77. The zero-order valence-electron chi connectivity index (χ0n) is 9.07. The number of hydrogen-bond acceptors (Lipinski definition) is 2. The summed E-state index contributed by atoms with van der Waals surface area (Å²) in [6.07, 6.45) is 2.83. The number of nitrogens with one attached hydrogen (secondary N) is 1. The highest BCUT2D eigenvalue weighted by Crippen LogP contribution is 2.50. The number of aromatic hydroxyl groups is 1. The molecule has 0 aromatic heterocycles. The average molecular weight is 217 g/mol. The Labute approximate surface area is 94.5 Å². The van der Waals surface area contributed by atoms with Gasteiger partial charge < -0.3 is 10.4 Å². The molecule has 3 nitrogen and oxygen atoms in total. The molecular weight excluding hydrogens is 202 g/mol. The number of phenols is 1. The topological polar surface area (TPSA) is 49.3 Å². The van der Waals surface area contributed by atoms with Crippen LogP contribution in [-0.4, -0.2) is 17.6 Å². The van der Waals surface area contributed by atoms with Crippen molar-refractivity contribution in [2.45, 2.75) is 19.3 Å². The van der Waals surface area contributed by atoms with Crippen LogP contribution in [0.25, 0.3) is 0 Å². The highest BCUT2D eigenvalue weighted by molar-refractivity contribution is 5.81. The molecule has 2 N–H and O–H groups in total. The van der Waals surface area contributed by atoms with E-state index < -0.39 is 0 Å². The van der Waals surface area contributed by atoms with Gasteiger partial charge in [0, 0.05) is 12.5 Å². The standard InChI is InChI=1S/C13H15NO2/c15-11-4-2-1-3-9(11)5-13-6-10(7-13)12(16)14-8-13/h1-4,10,15H,5-8H2,(H,14,16). The van der Waals surface area contributed by atoms with E-state index >= 15 is 0 Å². The zero-order chi connectivity index (χ0) is 11.2. The van der Waals surface area contributed by atoms with Gasteiger partial charge in [0.05, 0.1) is 0 Å². The van der Waals surface area contributed by atoms with Gasteiger partial charge in [0.15, 0.2) is 0 Å². The Hall–Kier alpha value is -1.51. The molecule has 2 bridgehead atoms. The smallest absolute Gasteiger partial charge is 0.223 e. The molecule has 1 saturated carbocycles. The van der Waals surface area contributed by atoms with Crippen molar-refractivity contribution in [2.75, 3.05) is 6.54 Å². The first-order chi connectivity index (χ1) is 7.69. The van der Waals surface area contributed by atoms with Crippen LogP contribution in [0.5, 0.6) is 5.75 Å². The molecule has 1 aliphatic carbocycles. The van der Waals surface area contributed by atoms with Gasteiger partial charge in [-0.25, -0.2) is 0 Å². The number of phenolic OH excluding ortho intramolecular Hbond substituents is 1. The molecule has 1 aromatic rings. The van der Waals surface area contributed by atoms with Crippen molar-refractivity contribution in [3.63, 3.8) is 0 Å². The van der Waals surface area contributed by atoms with E-state index in [1.807, 2.05) is 18.2 Å². The van der Waals surface area contributed by atoms with E-state index in [0.29, 0.717) is 5.75 Å². The summed E-state index contributed by atoms with van der Waals surface area (Å²) in [5, 5.41) is 12.7. The van der Waals surface area contributed by atoms with E-state index in [1.165, 1.54) is 0 Å². The molecule has 2 saturated heterocycles. The third-order valence-corrected chi connectivity index (χ3v) is 3.92. The minimum Gasteiger partial charge on any atom is -0.508 e. The van der Waals surface area contributed by atoms with Crippen molar-refractivity contribution < 1.29 is 9.90 Å². The molecule has 4 rings (SSSR count). The van der Waals surface area contributed by atoms with Crippen molar-refractivity contribution in [1.29, 1.82) is 0 Å². The summed E-state index contributed by atoms with van der Waals surface area (Å²) in [4.78, 5) is 11.3. The van der Waals surface area contributed by atoms with Crippen molar-refractivity contribution in [3.8, 4) is 5.75 Å². The van der Waals surface area contributed by atoms with E-state index in [-0.39, 0.29) is 17.2 Å². The fraction of sp³-hybridized carbons (Fsp3) is 0.462. The summed E-state index contributed by atoms with van der Waals surface area (Å²) in [5.41, 5.74) is 1.20. The van der Waals surface area contributed by atoms with Crippen molar-refractivity contribution >= 4 is 5.91 Å². The van der Waals surface area contributed by atoms with E-state index in [1.54, 1.807) is 6.07 Å². The van der Waals surface area contributed by atoms with Gasteiger partial charge in [0.2, 0.25) is 5.91 Å². The van der Waals surface area contributed by atoms with E-state index in [0.717, 1.165) is 31.4 Å². The maximum Gasteiger partial charge on any atom is 0.223 e. The van der Waals surface area contributed by atoms with Crippen LogP contribution >= 0.6 is 0 Å². The van der Waals surface area contributed by atoms with Gasteiger partial charge in [-0.3, -0.25) is 4.79 Å². The summed E-state index contributed by atoms with van der Waals surface area (Å²) in [6, 6.07) is 7.48. The Kier molecular flexibility index (Phi) is 1.96. The van der Waals surface area contributed by atoms with E-state index in [4.69, 9.17) is 0 Å². The lowest BCUT2D eigenvalue weighted by molar-refractivity contribution is -0.140. The zero-order valence-corrected chi connectivity index (χ0v) is 9.07. The molecule has 3 heteroatoms. The second kappa shape index (κ2) is 3.24. The Morgan fingerprint density at radius 2 is 2.12 bits per heavy atom. The second-order valence-electron chi connectivity index (χ2n) is 5.13. The Morgan fingerprint density at radius 1 is 1.38 bits per heavy atom. The number of benzene rings is 1. The van der Waals surface area contributed by atoms with Crippen LogP contribution in [0.4, 0.5) is 0 Å². The van der Waals surface area contributed by atoms with Gasteiger partial charge in [-0.1, -0.05) is 18.2 Å². The van der Waals surface area contributed by atoms with Crippen LogP contribution in [0.3, 0.4) is 0 Å². The first-order valence-electron chi connectivity index (χ1n) is 5.73. The minimum atomic E-state index is 0.206. The normalized spacial score (nSPS) is 31.8. The number of para-hydroxylation sites is 1. The second-order valence-corrected chi connectivity index (χ2v) is 5.13. The first-order valence-corrected chi connectivity index (χ1v) is 5.73. The van der Waals surface area contributed by atoms with E-state index in [2.05, 4.69) is 5.32 Å². The van der Waals surface area contributed by atoms with Crippen LogP contribution in [0.15, 0.2) is 24.3 Å². The van der Waals surface area contributed by atoms with Crippen LogP contribution in [0, 0.1) is 11.3 Å². The highest BCUT2D eigenvalue weighted by atomic mass is 16.3. The molecule has 0 atom stereocenters. The monoisotopic (exact) mass is 217 g/mol. The number of rotatable bonds is 2. The SMILES string of the molecule is O=C1NCC2(Cc3ccccc3O)CC1C2. The number of amides is 1. The summed E-state index contributed by atoms with van der Waals surface area (Å²) in [6.45, 7) is 0.761.